The SMILES string of the molecule is CC/C=C\C/C=C\C/C=C\C/C=C\C/C=C\C/C=C\C/C=C\C/C=C\CCCCCCC(=O)OC(COC(=O)CCCCCCCCCCCCCCCCCCCCCCCC)COP(=O)([O-])OCC[N+](C)(C)C. The maximum absolute atomic E-state index is 12.8. The molecule has 0 amide bonds. The van der Waals surface area contributed by atoms with Crippen LogP contribution in [0.2, 0.25) is 0 Å². The van der Waals surface area contributed by atoms with Gasteiger partial charge in [-0.25, -0.2) is 0 Å². The minimum absolute atomic E-state index is 0.0399. The maximum atomic E-state index is 12.8. The van der Waals surface area contributed by atoms with Crippen LogP contribution in [0, 0.1) is 0 Å². The van der Waals surface area contributed by atoms with E-state index in [4.69, 9.17) is 18.5 Å². The highest BCUT2D eigenvalue weighted by atomic mass is 31.2. The molecule has 0 saturated carbocycles. The molecule has 0 spiro atoms. The summed E-state index contributed by atoms with van der Waals surface area (Å²) in [6.07, 6.45) is 76.0. The Morgan fingerprint density at radius 2 is 0.760 bits per heavy atom. The summed E-state index contributed by atoms with van der Waals surface area (Å²) in [7, 11) is 1.14. The lowest BCUT2D eigenvalue weighted by atomic mass is 10.0. The first kappa shape index (κ1) is 71.9. The molecule has 432 valence electrons. The van der Waals surface area contributed by atoms with E-state index in [0.717, 1.165) is 96.3 Å². The van der Waals surface area contributed by atoms with E-state index < -0.39 is 26.5 Å². The molecule has 0 heterocycles. The van der Waals surface area contributed by atoms with E-state index in [9.17, 15) is 19.0 Å². The molecular formula is C65H114NO8P. The number of ether oxygens (including phenoxy) is 2. The predicted molar refractivity (Wildman–Crippen MR) is 319 cm³/mol. The number of phosphoric acid groups is 1. The van der Waals surface area contributed by atoms with Gasteiger partial charge in [-0.2, -0.15) is 0 Å². The van der Waals surface area contributed by atoms with Crippen molar-refractivity contribution in [2.45, 2.75) is 258 Å². The van der Waals surface area contributed by atoms with E-state index in [1.54, 1.807) is 0 Å². The number of hydrogen-bond donors (Lipinski definition) is 0. The Hall–Kier alpha value is -3.07. The van der Waals surface area contributed by atoms with Gasteiger partial charge in [0, 0.05) is 12.8 Å². The van der Waals surface area contributed by atoms with Crippen LogP contribution in [0.1, 0.15) is 251 Å². The van der Waals surface area contributed by atoms with Crippen molar-refractivity contribution >= 4 is 19.8 Å². The predicted octanol–water partition coefficient (Wildman–Crippen LogP) is 18.6. The van der Waals surface area contributed by atoms with Gasteiger partial charge in [-0.1, -0.05) is 259 Å². The van der Waals surface area contributed by atoms with Gasteiger partial charge in [0.1, 0.15) is 19.8 Å². The zero-order chi connectivity index (χ0) is 54.9. The molecule has 75 heavy (non-hydrogen) atoms. The molecule has 0 aliphatic heterocycles. The van der Waals surface area contributed by atoms with Crippen molar-refractivity contribution < 1.29 is 42.1 Å². The highest BCUT2D eigenvalue weighted by Gasteiger charge is 2.22. The Morgan fingerprint density at radius 3 is 1.13 bits per heavy atom. The van der Waals surface area contributed by atoms with Gasteiger partial charge in [0.15, 0.2) is 6.10 Å². The Morgan fingerprint density at radius 1 is 0.427 bits per heavy atom. The number of hydrogen-bond acceptors (Lipinski definition) is 8. The number of carbonyl (C=O) groups excluding carboxylic acids is 2. The third-order valence-corrected chi connectivity index (χ3v) is 13.8. The molecule has 0 saturated heterocycles. The number of likely N-dealkylation sites (N-methyl/N-ethyl adjacent to an activating group) is 1. The molecule has 0 N–H and O–H groups in total. The lowest BCUT2D eigenvalue weighted by molar-refractivity contribution is -0.870. The number of rotatable bonds is 55. The van der Waals surface area contributed by atoms with Crippen LogP contribution in [0.3, 0.4) is 0 Å². The maximum Gasteiger partial charge on any atom is 0.306 e. The molecule has 0 bridgehead atoms. The third-order valence-electron chi connectivity index (χ3n) is 12.9. The number of phosphoric ester groups is 1. The van der Waals surface area contributed by atoms with Gasteiger partial charge in [0.2, 0.25) is 0 Å². The van der Waals surface area contributed by atoms with Crippen LogP contribution in [-0.2, 0) is 32.7 Å². The summed E-state index contributed by atoms with van der Waals surface area (Å²) in [6.45, 7) is 4.11. The van der Waals surface area contributed by atoms with E-state index in [0.29, 0.717) is 17.4 Å². The summed E-state index contributed by atoms with van der Waals surface area (Å²) >= 11 is 0. The summed E-state index contributed by atoms with van der Waals surface area (Å²) in [5, 5.41) is 0. The molecule has 0 rings (SSSR count). The second-order valence-corrected chi connectivity index (χ2v) is 22.8. The highest BCUT2D eigenvalue weighted by Crippen LogP contribution is 2.38. The van der Waals surface area contributed by atoms with Gasteiger partial charge < -0.3 is 27.9 Å². The topological polar surface area (TPSA) is 111 Å². The normalized spacial score (nSPS) is 13.9. The molecule has 0 radical (unpaired) electrons. The molecule has 10 heteroatoms. The first-order chi connectivity index (χ1) is 36.5. The van der Waals surface area contributed by atoms with Crippen molar-refractivity contribution in [1.82, 2.24) is 0 Å². The largest absolute Gasteiger partial charge is 0.756 e. The standard InChI is InChI=1S/C65H114NO8P/c1-6-8-10-12-14-16-18-20-22-24-26-28-30-31-32-33-34-35-36-38-40-42-44-46-48-50-52-54-56-58-65(68)74-63(62-73-75(69,70)72-60-59-66(3,4)5)61-71-64(67)57-55-53-51-49-47-45-43-41-39-37-29-27-25-23-21-19-17-15-13-11-9-7-2/h8,10,14,16,20,22,26,28,31-32,34-35,38,40,44,46,63H,6-7,9,11-13,15,17-19,21,23-25,27,29-30,33,36-37,39,41-43,45,47-62H2,1-5H3/b10-8-,16-14-,22-20-,28-26-,32-31-,35-34-,40-38-,46-44-. The lowest BCUT2D eigenvalue weighted by Gasteiger charge is -2.28. The van der Waals surface area contributed by atoms with Crippen LogP contribution in [-0.4, -0.2) is 70.0 Å². The summed E-state index contributed by atoms with van der Waals surface area (Å²) in [5.74, 6) is -0.860. The Bertz CT molecular complexity index is 1590. The molecule has 0 aromatic heterocycles. The third kappa shape index (κ3) is 60.0. The molecule has 2 atom stereocenters. The van der Waals surface area contributed by atoms with Gasteiger partial charge in [0.05, 0.1) is 27.7 Å². The molecule has 0 aliphatic rings. The zero-order valence-electron chi connectivity index (χ0n) is 49.0. The molecule has 0 aromatic rings. The summed E-state index contributed by atoms with van der Waals surface area (Å²) in [6, 6.07) is 0. The van der Waals surface area contributed by atoms with E-state index in [1.165, 1.54) is 122 Å². The van der Waals surface area contributed by atoms with Crippen LogP contribution in [0.25, 0.3) is 0 Å². The number of carbonyl (C=O) groups is 2. The fourth-order valence-electron chi connectivity index (χ4n) is 8.20. The zero-order valence-corrected chi connectivity index (χ0v) is 49.9. The number of unbranched alkanes of at least 4 members (excludes halogenated alkanes) is 25. The van der Waals surface area contributed by atoms with Crippen molar-refractivity contribution in [3.63, 3.8) is 0 Å². The van der Waals surface area contributed by atoms with Gasteiger partial charge in [0.25, 0.3) is 7.82 Å². The smallest absolute Gasteiger partial charge is 0.306 e. The first-order valence-corrected chi connectivity index (χ1v) is 31.9. The summed E-state index contributed by atoms with van der Waals surface area (Å²) < 4.78 is 34.2. The van der Waals surface area contributed by atoms with Gasteiger partial charge in [-0.3, -0.25) is 14.2 Å². The second kappa shape index (κ2) is 55.7. The second-order valence-electron chi connectivity index (χ2n) is 21.3. The summed E-state index contributed by atoms with van der Waals surface area (Å²) in [5.41, 5.74) is 0. The van der Waals surface area contributed by atoms with E-state index in [-0.39, 0.29) is 32.0 Å². The fraction of sp³-hybridized carbons (Fsp3) is 0.723. The Kier molecular flexibility index (Phi) is 53.4. The fourth-order valence-corrected chi connectivity index (χ4v) is 8.93. The molecular weight excluding hydrogens is 954 g/mol. The van der Waals surface area contributed by atoms with E-state index >= 15 is 0 Å². The lowest BCUT2D eigenvalue weighted by Crippen LogP contribution is -2.37. The monoisotopic (exact) mass is 1070 g/mol. The quantitative estimate of drug-likeness (QED) is 0.0195. The molecule has 0 aliphatic carbocycles. The van der Waals surface area contributed by atoms with Crippen molar-refractivity contribution in [2.24, 2.45) is 0 Å². The Labute approximate surface area is 462 Å². The molecule has 0 fully saturated rings. The average molecular weight is 1070 g/mol. The van der Waals surface area contributed by atoms with Crippen molar-refractivity contribution in [3.8, 4) is 0 Å². The first-order valence-electron chi connectivity index (χ1n) is 30.4. The van der Waals surface area contributed by atoms with Crippen LogP contribution in [0.15, 0.2) is 97.2 Å². The number of esters is 2. The van der Waals surface area contributed by atoms with Gasteiger partial charge in [-0.05, 0) is 77.0 Å². The Balaban J connectivity index is 4.23. The van der Waals surface area contributed by atoms with Crippen LogP contribution >= 0.6 is 7.82 Å². The average Bonchev–Trinajstić information content (AvgIpc) is 3.37. The van der Waals surface area contributed by atoms with Gasteiger partial charge in [-0.15, -0.1) is 0 Å². The molecule has 9 nitrogen and oxygen atoms in total. The van der Waals surface area contributed by atoms with Crippen LogP contribution in [0.4, 0.5) is 0 Å². The van der Waals surface area contributed by atoms with Crippen molar-refractivity contribution in [2.75, 3.05) is 47.5 Å². The van der Waals surface area contributed by atoms with E-state index in [1.807, 2.05) is 21.1 Å². The molecule has 2 unspecified atom stereocenters. The molecule has 0 aromatic carbocycles. The van der Waals surface area contributed by atoms with Gasteiger partial charge >= 0.3 is 11.9 Å². The van der Waals surface area contributed by atoms with Crippen molar-refractivity contribution in [3.05, 3.63) is 97.2 Å². The van der Waals surface area contributed by atoms with Crippen LogP contribution < -0.4 is 4.89 Å². The highest BCUT2D eigenvalue weighted by molar-refractivity contribution is 7.45. The summed E-state index contributed by atoms with van der Waals surface area (Å²) in [4.78, 5) is 37.9. The van der Waals surface area contributed by atoms with E-state index in [2.05, 4.69) is 111 Å². The number of allylic oxidation sites excluding steroid dienone is 16. The minimum Gasteiger partial charge on any atom is -0.756 e. The van der Waals surface area contributed by atoms with Crippen LogP contribution in [0.5, 0.6) is 0 Å². The van der Waals surface area contributed by atoms with Crippen molar-refractivity contribution in [1.29, 1.82) is 0 Å². The number of quaternary nitrogens is 1. The number of nitrogens with zero attached hydrogens (tertiary/aromatic N) is 1. The minimum atomic E-state index is -4.65.